The molecular weight excluding hydrogens is 396 g/mol. The molecule has 0 saturated carbocycles. The third-order valence-corrected chi connectivity index (χ3v) is 5.18. The molecule has 0 radical (unpaired) electrons. The van der Waals surface area contributed by atoms with Crippen LogP contribution in [-0.4, -0.2) is 40.6 Å². The van der Waals surface area contributed by atoms with Crippen LogP contribution in [-0.2, 0) is 17.8 Å². The van der Waals surface area contributed by atoms with Gasteiger partial charge in [-0.15, -0.1) is 21.5 Å². The molecule has 0 aliphatic rings. The summed E-state index contributed by atoms with van der Waals surface area (Å²) in [6, 6.07) is 11.6. The largest absolute Gasteiger partial charge is 0.419 e. The Morgan fingerprint density at radius 3 is 2.93 bits per heavy atom. The van der Waals surface area contributed by atoms with Crippen molar-refractivity contribution in [3.05, 3.63) is 58.3 Å². The first-order chi connectivity index (χ1) is 13.6. The average molecular weight is 419 g/mol. The third-order valence-electron chi connectivity index (χ3n) is 4.09. The van der Waals surface area contributed by atoms with Gasteiger partial charge in [0.05, 0.1) is 18.0 Å². The summed E-state index contributed by atoms with van der Waals surface area (Å²) in [5, 5.41) is 13.9. The van der Waals surface area contributed by atoms with Crippen LogP contribution >= 0.6 is 22.9 Å². The molecule has 0 aliphatic carbocycles. The summed E-state index contributed by atoms with van der Waals surface area (Å²) in [4.78, 5) is 15.3. The van der Waals surface area contributed by atoms with Crippen LogP contribution in [0.4, 0.5) is 0 Å². The standard InChI is InChI=1S/C20H23ClN4O2S/c1-2-10-25(14-19-23-24-20(27-19)17-7-4-11-28-17)13-18(26)22-9-8-15-5-3-6-16(21)12-15/h3-7,11-12H,2,8-10,13-14H2,1H3,(H,22,26). The SMILES string of the molecule is CCCN(CC(=O)NCCc1cccc(Cl)c1)Cc1nnc(-c2cccs2)o1. The molecule has 1 aromatic carbocycles. The van der Waals surface area contributed by atoms with Gasteiger partial charge in [0, 0.05) is 11.6 Å². The lowest BCUT2D eigenvalue weighted by atomic mass is 10.1. The number of hydrogen-bond acceptors (Lipinski definition) is 6. The molecule has 0 bridgehead atoms. The molecule has 3 rings (SSSR count). The van der Waals surface area contributed by atoms with Crippen LogP contribution in [0.3, 0.4) is 0 Å². The number of hydrogen-bond donors (Lipinski definition) is 1. The van der Waals surface area contributed by atoms with Crippen LogP contribution in [0, 0.1) is 0 Å². The van der Waals surface area contributed by atoms with E-state index >= 15 is 0 Å². The number of benzene rings is 1. The zero-order valence-electron chi connectivity index (χ0n) is 15.7. The molecule has 1 amide bonds. The van der Waals surface area contributed by atoms with Crippen LogP contribution in [0.1, 0.15) is 24.8 Å². The average Bonchev–Trinajstić information content (AvgIpc) is 3.33. The van der Waals surface area contributed by atoms with Gasteiger partial charge < -0.3 is 9.73 Å². The van der Waals surface area contributed by atoms with Crippen LogP contribution in [0.5, 0.6) is 0 Å². The molecule has 0 fully saturated rings. The predicted molar refractivity (Wildman–Crippen MR) is 111 cm³/mol. The van der Waals surface area contributed by atoms with Gasteiger partial charge in [0.2, 0.25) is 11.8 Å². The second kappa shape index (κ2) is 10.4. The monoisotopic (exact) mass is 418 g/mol. The molecule has 6 nitrogen and oxygen atoms in total. The second-order valence-electron chi connectivity index (χ2n) is 6.42. The highest BCUT2D eigenvalue weighted by Crippen LogP contribution is 2.23. The normalized spacial score (nSPS) is 11.1. The minimum Gasteiger partial charge on any atom is -0.419 e. The fraction of sp³-hybridized carbons (Fsp3) is 0.350. The number of halogens is 1. The maximum absolute atomic E-state index is 12.3. The lowest BCUT2D eigenvalue weighted by Crippen LogP contribution is -2.38. The molecule has 8 heteroatoms. The molecule has 0 saturated heterocycles. The van der Waals surface area contributed by atoms with E-state index < -0.39 is 0 Å². The van der Waals surface area contributed by atoms with Gasteiger partial charge in [0.1, 0.15) is 0 Å². The van der Waals surface area contributed by atoms with Gasteiger partial charge in [-0.05, 0) is 48.5 Å². The fourth-order valence-corrected chi connectivity index (χ4v) is 3.69. The molecule has 0 spiro atoms. The summed E-state index contributed by atoms with van der Waals surface area (Å²) < 4.78 is 5.74. The third kappa shape index (κ3) is 6.15. The Hall–Kier alpha value is -2.22. The van der Waals surface area contributed by atoms with Crippen molar-refractivity contribution in [2.45, 2.75) is 26.3 Å². The number of nitrogens with one attached hydrogen (secondary N) is 1. The Balaban J connectivity index is 1.49. The summed E-state index contributed by atoms with van der Waals surface area (Å²) in [7, 11) is 0. The fourth-order valence-electron chi connectivity index (χ4n) is 2.84. The topological polar surface area (TPSA) is 71.3 Å². The van der Waals surface area contributed by atoms with Crippen molar-refractivity contribution in [1.82, 2.24) is 20.4 Å². The van der Waals surface area contributed by atoms with Gasteiger partial charge >= 0.3 is 0 Å². The van der Waals surface area contributed by atoms with E-state index in [2.05, 4.69) is 22.4 Å². The molecule has 0 atom stereocenters. The van der Waals surface area contributed by atoms with Crippen molar-refractivity contribution in [3.8, 4) is 10.8 Å². The first-order valence-corrected chi connectivity index (χ1v) is 10.5. The number of nitrogens with zero attached hydrogens (tertiary/aromatic N) is 3. The van der Waals surface area contributed by atoms with E-state index in [1.807, 2.05) is 46.7 Å². The number of aromatic nitrogens is 2. The molecular formula is C20H23ClN4O2S. The van der Waals surface area contributed by atoms with E-state index in [1.165, 1.54) is 0 Å². The maximum Gasteiger partial charge on any atom is 0.257 e. The summed E-state index contributed by atoms with van der Waals surface area (Å²) >= 11 is 7.54. The van der Waals surface area contributed by atoms with Crippen LogP contribution in [0.2, 0.25) is 5.02 Å². The Kier molecular flexibility index (Phi) is 7.59. The lowest BCUT2D eigenvalue weighted by Gasteiger charge is -2.19. The van der Waals surface area contributed by atoms with Crippen molar-refractivity contribution in [2.75, 3.05) is 19.6 Å². The summed E-state index contributed by atoms with van der Waals surface area (Å²) in [5.41, 5.74) is 1.10. The highest BCUT2D eigenvalue weighted by atomic mass is 35.5. The number of rotatable bonds is 10. The quantitative estimate of drug-likeness (QED) is 0.538. The minimum absolute atomic E-state index is 0.0199. The zero-order chi connectivity index (χ0) is 19.8. The van der Waals surface area contributed by atoms with E-state index in [1.54, 1.807) is 11.3 Å². The first-order valence-electron chi connectivity index (χ1n) is 9.24. The Labute approximate surface area is 173 Å². The molecule has 148 valence electrons. The molecule has 28 heavy (non-hydrogen) atoms. The number of amides is 1. The second-order valence-corrected chi connectivity index (χ2v) is 7.80. The van der Waals surface area contributed by atoms with Gasteiger partial charge in [-0.1, -0.05) is 36.7 Å². The number of carbonyl (C=O) groups is 1. The van der Waals surface area contributed by atoms with Gasteiger partial charge in [-0.3, -0.25) is 9.69 Å². The van der Waals surface area contributed by atoms with Gasteiger partial charge in [0.25, 0.3) is 5.89 Å². The van der Waals surface area contributed by atoms with Crippen molar-refractivity contribution in [1.29, 1.82) is 0 Å². The smallest absolute Gasteiger partial charge is 0.257 e. The van der Waals surface area contributed by atoms with Crippen molar-refractivity contribution in [3.63, 3.8) is 0 Å². The molecule has 2 heterocycles. The Morgan fingerprint density at radius 1 is 1.29 bits per heavy atom. The summed E-state index contributed by atoms with van der Waals surface area (Å²) in [5.74, 6) is 1.02. The highest BCUT2D eigenvalue weighted by molar-refractivity contribution is 7.13. The van der Waals surface area contributed by atoms with Crippen LogP contribution < -0.4 is 5.32 Å². The number of carbonyl (C=O) groups excluding carboxylic acids is 1. The maximum atomic E-state index is 12.3. The zero-order valence-corrected chi connectivity index (χ0v) is 17.3. The van der Waals surface area contributed by atoms with E-state index in [4.69, 9.17) is 16.0 Å². The minimum atomic E-state index is -0.0199. The van der Waals surface area contributed by atoms with Crippen LogP contribution in [0.25, 0.3) is 10.8 Å². The van der Waals surface area contributed by atoms with Crippen molar-refractivity contribution in [2.24, 2.45) is 0 Å². The Bertz CT molecular complexity index is 882. The lowest BCUT2D eigenvalue weighted by molar-refractivity contribution is -0.122. The van der Waals surface area contributed by atoms with E-state index in [9.17, 15) is 4.79 Å². The predicted octanol–water partition coefficient (Wildman–Crippen LogP) is 4.02. The van der Waals surface area contributed by atoms with Gasteiger partial charge in [-0.25, -0.2) is 0 Å². The Morgan fingerprint density at radius 2 is 2.18 bits per heavy atom. The molecule has 0 unspecified atom stereocenters. The van der Waals surface area contributed by atoms with Crippen molar-refractivity contribution >= 4 is 28.8 Å². The van der Waals surface area contributed by atoms with Gasteiger partial charge in [0.15, 0.2) is 0 Å². The van der Waals surface area contributed by atoms with E-state index in [-0.39, 0.29) is 5.91 Å². The van der Waals surface area contributed by atoms with Crippen LogP contribution in [0.15, 0.2) is 46.2 Å². The molecule has 2 aromatic heterocycles. The molecule has 3 aromatic rings. The summed E-state index contributed by atoms with van der Waals surface area (Å²) in [6.07, 6.45) is 1.68. The molecule has 0 aliphatic heterocycles. The van der Waals surface area contributed by atoms with E-state index in [0.717, 1.165) is 29.8 Å². The van der Waals surface area contributed by atoms with Crippen molar-refractivity contribution < 1.29 is 9.21 Å². The number of thiophene rings is 1. The highest BCUT2D eigenvalue weighted by Gasteiger charge is 2.15. The summed E-state index contributed by atoms with van der Waals surface area (Å²) in [6.45, 7) is 4.17. The van der Waals surface area contributed by atoms with E-state index in [0.29, 0.717) is 36.4 Å². The van der Waals surface area contributed by atoms with Gasteiger partial charge in [-0.2, -0.15) is 0 Å². The molecule has 1 N–H and O–H groups in total. The first kappa shape index (κ1) is 20.5.